The van der Waals surface area contributed by atoms with Crippen LogP contribution in [0.3, 0.4) is 0 Å². The zero-order chi connectivity index (χ0) is 20.2. The number of rotatable bonds is 5. The third-order valence-electron chi connectivity index (χ3n) is 10.9. The Morgan fingerprint density at radius 2 is 1.75 bits per heavy atom. The molecule has 0 bridgehead atoms. The number of carboxylic acid groups (broad SMARTS) is 1. The van der Waals surface area contributed by atoms with Gasteiger partial charge in [-0.1, -0.05) is 20.8 Å². The lowest BCUT2D eigenvalue weighted by Gasteiger charge is -2.68. The molecule has 0 aromatic carbocycles. The van der Waals surface area contributed by atoms with Gasteiger partial charge in [-0.25, -0.2) is 0 Å². The second kappa shape index (κ2) is 7.29. The smallest absolute Gasteiger partial charge is 0.303 e. The van der Waals surface area contributed by atoms with Crippen LogP contribution in [0.5, 0.6) is 0 Å². The van der Waals surface area contributed by atoms with Crippen LogP contribution in [-0.2, 0) is 4.79 Å². The minimum Gasteiger partial charge on any atom is -0.481 e. The molecule has 5 unspecified atom stereocenters. The van der Waals surface area contributed by atoms with Crippen molar-refractivity contribution in [2.75, 3.05) is 0 Å². The van der Waals surface area contributed by atoms with Gasteiger partial charge in [0, 0.05) is 6.42 Å². The Morgan fingerprint density at radius 3 is 2.46 bits per heavy atom. The molecule has 8 atom stereocenters. The van der Waals surface area contributed by atoms with Gasteiger partial charge in [0.2, 0.25) is 0 Å². The van der Waals surface area contributed by atoms with Crippen LogP contribution in [-0.4, -0.2) is 22.3 Å². The van der Waals surface area contributed by atoms with Crippen molar-refractivity contribution in [3.63, 3.8) is 0 Å². The molecule has 28 heavy (non-hydrogen) atoms. The van der Waals surface area contributed by atoms with E-state index < -0.39 is 5.97 Å². The van der Waals surface area contributed by atoms with E-state index in [4.69, 9.17) is 5.11 Å². The van der Waals surface area contributed by atoms with Gasteiger partial charge < -0.3 is 10.2 Å². The van der Waals surface area contributed by atoms with Crippen molar-refractivity contribution >= 4 is 5.97 Å². The second-order valence-corrected chi connectivity index (χ2v) is 11.4. The van der Waals surface area contributed by atoms with E-state index in [0.717, 1.165) is 43.4 Å². The number of carboxylic acids is 1. The molecule has 2 N–H and O–H groups in total. The molecule has 3 heteroatoms. The highest BCUT2D eigenvalue weighted by molar-refractivity contribution is 5.66. The maximum atomic E-state index is 11.0. The summed E-state index contributed by atoms with van der Waals surface area (Å²) in [6.07, 6.45) is 14.8. The first-order valence-electron chi connectivity index (χ1n) is 12.2. The third-order valence-corrected chi connectivity index (χ3v) is 10.9. The van der Waals surface area contributed by atoms with Gasteiger partial charge in [-0.05, 0) is 117 Å². The Hall–Kier alpha value is -0.570. The molecule has 0 aliphatic heterocycles. The van der Waals surface area contributed by atoms with Crippen LogP contribution in [0.1, 0.15) is 104 Å². The maximum absolute atomic E-state index is 11.0. The number of fused-ring (bicyclic) bond motifs is 5. The third kappa shape index (κ3) is 2.89. The molecule has 0 amide bonds. The van der Waals surface area contributed by atoms with Gasteiger partial charge in [-0.3, -0.25) is 4.79 Å². The predicted octanol–water partition coefficient (Wildman–Crippen LogP) is 6.04. The van der Waals surface area contributed by atoms with Crippen LogP contribution < -0.4 is 0 Å². The average molecular weight is 391 g/mol. The van der Waals surface area contributed by atoms with Gasteiger partial charge in [0.15, 0.2) is 0 Å². The van der Waals surface area contributed by atoms with E-state index in [9.17, 15) is 9.90 Å². The Balaban J connectivity index is 1.57. The number of aliphatic hydroxyl groups excluding tert-OH is 1. The van der Waals surface area contributed by atoms with E-state index >= 15 is 0 Å². The fourth-order valence-corrected chi connectivity index (χ4v) is 9.31. The number of hydrogen-bond donors (Lipinski definition) is 2. The Morgan fingerprint density at radius 1 is 1.00 bits per heavy atom. The van der Waals surface area contributed by atoms with Crippen molar-refractivity contribution in [1.82, 2.24) is 0 Å². The van der Waals surface area contributed by atoms with Crippen molar-refractivity contribution in [2.24, 2.45) is 39.9 Å². The molecule has 0 saturated heterocycles. The highest BCUT2D eigenvalue weighted by Crippen LogP contribution is 2.73. The van der Waals surface area contributed by atoms with Crippen molar-refractivity contribution < 1.29 is 15.0 Å². The second-order valence-electron chi connectivity index (χ2n) is 11.4. The average Bonchev–Trinajstić information content (AvgIpc) is 2.98. The molecule has 4 fully saturated rings. The molecular weight excluding hydrogens is 348 g/mol. The minimum absolute atomic E-state index is 0.0671. The summed E-state index contributed by atoms with van der Waals surface area (Å²) in [6.45, 7) is 7.61. The lowest BCUT2D eigenvalue weighted by atomic mass is 9.37. The first kappa shape index (κ1) is 20.7. The van der Waals surface area contributed by atoms with E-state index in [-0.39, 0.29) is 6.10 Å². The molecule has 160 valence electrons. The van der Waals surface area contributed by atoms with Gasteiger partial charge in [0.05, 0.1) is 6.10 Å². The van der Waals surface area contributed by atoms with Gasteiger partial charge >= 0.3 is 5.97 Å². The monoisotopic (exact) mass is 390 g/mol. The summed E-state index contributed by atoms with van der Waals surface area (Å²) >= 11 is 0. The van der Waals surface area contributed by atoms with Crippen LogP contribution >= 0.6 is 0 Å². The largest absolute Gasteiger partial charge is 0.481 e. The SMILES string of the molecule is CC[C@]12CCC3(C)C(CC[C@@H]3CCCC(=O)O)C1CCC1C[C@H](O)CCC12C. The van der Waals surface area contributed by atoms with Gasteiger partial charge in [0.25, 0.3) is 0 Å². The van der Waals surface area contributed by atoms with E-state index in [1.807, 2.05) is 0 Å². The van der Waals surface area contributed by atoms with Gasteiger partial charge in [0.1, 0.15) is 0 Å². The molecule has 0 aromatic rings. The molecule has 4 aliphatic rings. The fraction of sp³-hybridized carbons (Fsp3) is 0.960. The number of aliphatic carboxylic acids is 1. The number of carbonyl (C=O) groups is 1. The van der Waals surface area contributed by atoms with E-state index in [1.165, 1.54) is 51.4 Å². The highest BCUT2D eigenvalue weighted by Gasteiger charge is 2.66. The van der Waals surface area contributed by atoms with Crippen LogP contribution in [0.2, 0.25) is 0 Å². The first-order valence-corrected chi connectivity index (χ1v) is 12.2. The quantitative estimate of drug-likeness (QED) is 0.601. The predicted molar refractivity (Wildman–Crippen MR) is 112 cm³/mol. The zero-order valence-electron chi connectivity index (χ0n) is 18.4. The van der Waals surface area contributed by atoms with Crippen LogP contribution in [0.4, 0.5) is 0 Å². The lowest BCUT2D eigenvalue weighted by Crippen LogP contribution is -2.61. The zero-order valence-corrected chi connectivity index (χ0v) is 18.4. The normalized spacial score (nSPS) is 50.5. The Labute approximate surface area is 171 Å². The lowest BCUT2D eigenvalue weighted by molar-refractivity contribution is -0.195. The standard InChI is InChI=1S/C25H42O3/c1-4-25-15-14-23(2)17(6-5-7-22(27)28)8-10-20(23)21(25)11-9-18-16-19(26)12-13-24(18,25)3/h17-21,26H,4-16H2,1-3H3,(H,27,28)/t17-,18?,19+,20?,21?,23?,24?,25-/m0/s1. The van der Waals surface area contributed by atoms with Crippen LogP contribution in [0.25, 0.3) is 0 Å². The number of aliphatic hydroxyl groups is 1. The molecular formula is C25H42O3. The fourth-order valence-electron chi connectivity index (χ4n) is 9.31. The summed E-state index contributed by atoms with van der Waals surface area (Å²) in [5.41, 5.74) is 1.31. The minimum atomic E-state index is -0.640. The molecule has 3 nitrogen and oxygen atoms in total. The molecule has 0 aromatic heterocycles. The summed E-state index contributed by atoms with van der Waals surface area (Å²) in [4.78, 5) is 11.0. The summed E-state index contributed by atoms with van der Waals surface area (Å²) in [7, 11) is 0. The highest BCUT2D eigenvalue weighted by atomic mass is 16.4. The van der Waals surface area contributed by atoms with Crippen molar-refractivity contribution in [2.45, 2.75) is 110 Å². The van der Waals surface area contributed by atoms with Gasteiger partial charge in [-0.15, -0.1) is 0 Å². The molecule has 4 aliphatic carbocycles. The van der Waals surface area contributed by atoms with E-state index in [2.05, 4.69) is 20.8 Å². The summed E-state index contributed by atoms with van der Waals surface area (Å²) in [6, 6.07) is 0. The molecule has 4 saturated carbocycles. The Kier molecular flexibility index (Phi) is 5.39. The van der Waals surface area contributed by atoms with Crippen LogP contribution in [0, 0.1) is 39.9 Å². The van der Waals surface area contributed by atoms with Crippen molar-refractivity contribution in [1.29, 1.82) is 0 Å². The Bertz CT molecular complexity index is 603. The van der Waals surface area contributed by atoms with E-state index in [1.54, 1.807) is 0 Å². The maximum Gasteiger partial charge on any atom is 0.303 e. The first-order chi connectivity index (χ1) is 13.3. The topological polar surface area (TPSA) is 57.5 Å². The summed E-state index contributed by atoms with van der Waals surface area (Å²) < 4.78 is 0. The van der Waals surface area contributed by atoms with E-state index in [0.29, 0.717) is 28.6 Å². The summed E-state index contributed by atoms with van der Waals surface area (Å²) in [5, 5.41) is 19.4. The van der Waals surface area contributed by atoms with Crippen molar-refractivity contribution in [3.05, 3.63) is 0 Å². The summed E-state index contributed by atoms with van der Waals surface area (Å²) in [5.74, 6) is 2.48. The molecule has 0 radical (unpaired) electrons. The van der Waals surface area contributed by atoms with Crippen molar-refractivity contribution in [3.8, 4) is 0 Å². The molecule has 0 heterocycles. The van der Waals surface area contributed by atoms with Crippen LogP contribution in [0.15, 0.2) is 0 Å². The van der Waals surface area contributed by atoms with Gasteiger partial charge in [-0.2, -0.15) is 0 Å². The number of hydrogen-bond acceptors (Lipinski definition) is 2. The molecule has 0 spiro atoms. The molecule has 4 rings (SSSR count).